The van der Waals surface area contributed by atoms with Gasteiger partial charge in [0.15, 0.2) is 0 Å². The molecular formula is C13H20N2O2S. The van der Waals surface area contributed by atoms with E-state index in [4.69, 9.17) is 0 Å². The van der Waals surface area contributed by atoms with Gasteiger partial charge < -0.3 is 5.32 Å². The highest BCUT2D eigenvalue weighted by atomic mass is 32.2. The molecule has 1 aliphatic heterocycles. The molecule has 18 heavy (non-hydrogen) atoms. The van der Waals surface area contributed by atoms with Crippen LogP contribution in [0, 0.1) is 6.92 Å². The minimum absolute atomic E-state index is 0.270. The van der Waals surface area contributed by atoms with Crippen LogP contribution in [0.25, 0.3) is 0 Å². The number of hydrogen-bond acceptors (Lipinski definition) is 3. The minimum Gasteiger partial charge on any atom is -0.315 e. The third-order valence-electron chi connectivity index (χ3n) is 3.40. The van der Waals surface area contributed by atoms with E-state index in [1.807, 2.05) is 31.2 Å². The van der Waals surface area contributed by atoms with Crippen molar-refractivity contribution in [2.45, 2.75) is 25.1 Å². The van der Waals surface area contributed by atoms with Crippen molar-refractivity contribution in [2.75, 3.05) is 20.1 Å². The Balaban J connectivity index is 2.06. The van der Waals surface area contributed by atoms with Gasteiger partial charge >= 0.3 is 0 Å². The molecular weight excluding hydrogens is 248 g/mol. The Bertz CT molecular complexity index is 490. The van der Waals surface area contributed by atoms with Gasteiger partial charge in [0.2, 0.25) is 10.0 Å². The van der Waals surface area contributed by atoms with Crippen molar-refractivity contribution in [3.05, 3.63) is 35.4 Å². The monoisotopic (exact) mass is 268 g/mol. The molecule has 0 amide bonds. The first-order valence-corrected chi connectivity index (χ1v) is 7.72. The van der Waals surface area contributed by atoms with Gasteiger partial charge in [0.1, 0.15) is 0 Å². The first-order valence-electron chi connectivity index (χ1n) is 6.21. The first-order chi connectivity index (χ1) is 8.50. The summed E-state index contributed by atoms with van der Waals surface area (Å²) in [7, 11) is -1.52. The van der Waals surface area contributed by atoms with Crippen molar-refractivity contribution in [3.63, 3.8) is 0 Å². The highest BCUT2D eigenvalue weighted by molar-refractivity contribution is 7.89. The highest BCUT2D eigenvalue weighted by Crippen LogP contribution is 2.16. The fraction of sp³-hybridized carbons (Fsp3) is 0.538. The average molecular weight is 268 g/mol. The van der Waals surface area contributed by atoms with Crippen LogP contribution in [0.2, 0.25) is 0 Å². The molecule has 2 rings (SSSR count). The summed E-state index contributed by atoms with van der Waals surface area (Å²) in [5.41, 5.74) is 2.21. The predicted molar refractivity (Wildman–Crippen MR) is 72.8 cm³/mol. The summed E-state index contributed by atoms with van der Waals surface area (Å²) < 4.78 is 26.0. The summed E-state index contributed by atoms with van der Waals surface area (Å²) in [6.07, 6.45) is 0.709. The van der Waals surface area contributed by atoms with Crippen LogP contribution in [0.15, 0.2) is 24.3 Å². The summed E-state index contributed by atoms with van der Waals surface area (Å²) in [6.45, 7) is 3.83. The standard InChI is InChI=1S/C13H20N2O2S/c1-11-3-5-12(6-4-11)10-15(2)18(16,17)13-7-8-14-9-13/h3-6,13-14H,7-10H2,1-2H3. The van der Waals surface area contributed by atoms with E-state index in [1.54, 1.807) is 7.05 Å². The van der Waals surface area contributed by atoms with Gasteiger partial charge in [-0.05, 0) is 25.5 Å². The molecule has 1 fully saturated rings. The molecule has 1 aromatic carbocycles. The van der Waals surface area contributed by atoms with Crippen molar-refractivity contribution >= 4 is 10.0 Å². The van der Waals surface area contributed by atoms with Gasteiger partial charge in [-0.15, -0.1) is 0 Å². The first kappa shape index (κ1) is 13.5. The van der Waals surface area contributed by atoms with Gasteiger partial charge in [-0.1, -0.05) is 29.8 Å². The SMILES string of the molecule is Cc1ccc(CN(C)S(=O)(=O)C2CCNC2)cc1. The number of nitrogens with zero attached hydrogens (tertiary/aromatic N) is 1. The van der Waals surface area contributed by atoms with Crippen LogP contribution >= 0.6 is 0 Å². The van der Waals surface area contributed by atoms with Gasteiger partial charge in [0.05, 0.1) is 5.25 Å². The van der Waals surface area contributed by atoms with Crippen molar-refractivity contribution in [1.82, 2.24) is 9.62 Å². The van der Waals surface area contributed by atoms with E-state index in [9.17, 15) is 8.42 Å². The summed E-state index contributed by atoms with van der Waals surface area (Å²) in [5, 5.41) is 2.83. The maximum Gasteiger partial charge on any atom is 0.218 e. The summed E-state index contributed by atoms with van der Waals surface area (Å²) in [6, 6.07) is 7.97. The molecule has 1 unspecified atom stereocenters. The molecule has 0 bridgehead atoms. The number of sulfonamides is 1. The van der Waals surface area contributed by atoms with Crippen LogP contribution in [0.3, 0.4) is 0 Å². The zero-order valence-corrected chi connectivity index (χ0v) is 11.7. The van der Waals surface area contributed by atoms with E-state index < -0.39 is 10.0 Å². The molecule has 1 aliphatic rings. The molecule has 5 heteroatoms. The van der Waals surface area contributed by atoms with Crippen molar-refractivity contribution in [3.8, 4) is 0 Å². The molecule has 1 heterocycles. The molecule has 0 radical (unpaired) electrons. The maximum atomic E-state index is 12.3. The molecule has 1 saturated heterocycles. The molecule has 1 aromatic rings. The lowest BCUT2D eigenvalue weighted by atomic mass is 10.1. The summed E-state index contributed by atoms with van der Waals surface area (Å²) >= 11 is 0. The van der Waals surface area contributed by atoms with Gasteiger partial charge in [0.25, 0.3) is 0 Å². The Morgan fingerprint density at radius 3 is 2.56 bits per heavy atom. The van der Waals surface area contributed by atoms with Crippen LogP contribution in [0.5, 0.6) is 0 Å². The van der Waals surface area contributed by atoms with Crippen molar-refractivity contribution < 1.29 is 8.42 Å². The number of hydrogen-bond donors (Lipinski definition) is 1. The number of benzene rings is 1. The lowest BCUT2D eigenvalue weighted by Gasteiger charge is -2.21. The fourth-order valence-electron chi connectivity index (χ4n) is 2.18. The second-order valence-corrected chi connectivity index (χ2v) is 7.22. The molecule has 0 saturated carbocycles. The zero-order chi connectivity index (χ0) is 13.2. The highest BCUT2D eigenvalue weighted by Gasteiger charge is 2.31. The van der Waals surface area contributed by atoms with E-state index in [1.165, 1.54) is 9.87 Å². The van der Waals surface area contributed by atoms with Crippen molar-refractivity contribution in [2.24, 2.45) is 0 Å². The third-order valence-corrected chi connectivity index (χ3v) is 5.64. The van der Waals surface area contributed by atoms with Crippen LogP contribution in [0.4, 0.5) is 0 Å². The van der Waals surface area contributed by atoms with E-state index in [2.05, 4.69) is 5.32 Å². The van der Waals surface area contributed by atoms with Gasteiger partial charge in [0, 0.05) is 20.1 Å². The average Bonchev–Trinajstić information content (AvgIpc) is 2.86. The molecule has 4 nitrogen and oxygen atoms in total. The summed E-state index contributed by atoms with van der Waals surface area (Å²) in [4.78, 5) is 0. The Kier molecular flexibility index (Phi) is 4.04. The maximum absolute atomic E-state index is 12.3. The largest absolute Gasteiger partial charge is 0.315 e. The van der Waals surface area contributed by atoms with Crippen LogP contribution in [0.1, 0.15) is 17.5 Å². The molecule has 1 N–H and O–H groups in total. The summed E-state index contributed by atoms with van der Waals surface area (Å²) in [5.74, 6) is 0. The molecule has 0 aromatic heterocycles. The second kappa shape index (κ2) is 5.38. The third kappa shape index (κ3) is 2.91. The normalized spacial score (nSPS) is 20.5. The lowest BCUT2D eigenvalue weighted by molar-refractivity contribution is 0.457. The fourth-order valence-corrected chi connectivity index (χ4v) is 3.76. The number of nitrogens with one attached hydrogen (secondary N) is 1. The van der Waals surface area contributed by atoms with E-state index >= 15 is 0 Å². The smallest absolute Gasteiger partial charge is 0.218 e. The molecule has 100 valence electrons. The topological polar surface area (TPSA) is 49.4 Å². The molecule has 0 aliphatic carbocycles. The second-order valence-electron chi connectivity index (χ2n) is 4.90. The van der Waals surface area contributed by atoms with Gasteiger partial charge in [-0.2, -0.15) is 0 Å². The Labute approximate surface area is 109 Å². The van der Waals surface area contributed by atoms with E-state index in [-0.39, 0.29) is 5.25 Å². The molecule has 0 spiro atoms. The van der Waals surface area contributed by atoms with Crippen LogP contribution < -0.4 is 5.32 Å². The van der Waals surface area contributed by atoms with Crippen LogP contribution in [-0.4, -0.2) is 38.1 Å². The molecule has 1 atom stereocenters. The van der Waals surface area contributed by atoms with Gasteiger partial charge in [-0.3, -0.25) is 0 Å². The van der Waals surface area contributed by atoms with Crippen molar-refractivity contribution in [1.29, 1.82) is 0 Å². The Morgan fingerprint density at radius 2 is 2.00 bits per heavy atom. The van der Waals surface area contributed by atoms with E-state index in [0.717, 1.165) is 12.1 Å². The number of aryl methyl sites for hydroxylation is 1. The Hall–Kier alpha value is -0.910. The minimum atomic E-state index is -3.18. The Morgan fingerprint density at radius 1 is 1.33 bits per heavy atom. The van der Waals surface area contributed by atoms with E-state index in [0.29, 0.717) is 19.5 Å². The predicted octanol–water partition coefficient (Wildman–Crippen LogP) is 1.12. The quantitative estimate of drug-likeness (QED) is 0.890. The zero-order valence-electron chi connectivity index (χ0n) is 10.9. The lowest BCUT2D eigenvalue weighted by Crippen LogP contribution is -2.36. The number of rotatable bonds is 4. The van der Waals surface area contributed by atoms with Gasteiger partial charge in [-0.25, -0.2) is 12.7 Å². The van der Waals surface area contributed by atoms with Crippen LogP contribution in [-0.2, 0) is 16.6 Å².